The first-order chi connectivity index (χ1) is 9.90. The van der Waals surface area contributed by atoms with E-state index in [9.17, 15) is 14.9 Å². The van der Waals surface area contributed by atoms with Gasteiger partial charge in [0.15, 0.2) is 0 Å². The molecule has 1 amide bonds. The molecule has 0 saturated heterocycles. The molecule has 0 aliphatic heterocycles. The van der Waals surface area contributed by atoms with Crippen LogP contribution in [0, 0.1) is 10.1 Å². The zero-order valence-corrected chi connectivity index (χ0v) is 12.4. The number of hydrogen-bond donors (Lipinski definition) is 3. The number of nitrogen functional groups attached to an aromatic ring is 1. The van der Waals surface area contributed by atoms with Gasteiger partial charge in [0.1, 0.15) is 11.4 Å². The highest BCUT2D eigenvalue weighted by Crippen LogP contribution is 2.34. The number of hydrazine groups is 1. The minimum Gasteiger partial charge on any atom is -0.357 e. The van der Waals surface area contributed by atoms with Crippen LogP contribution in [0.4, 0.5) is 17.1 Å². The van der Waals surface area contributed by atoms with Gasteiger partial charge < -0.3 is 15.6 Å². The van der Waals surface area contributed by atoms with Crippen LogP contribution in [-0.4, -0.2) is 30.0 Å². The smallest absolute Gasteiger partial charge is 0.316 e. The number of para-hydroxylation sites is 1. The minimum atomic E-state index is -0.506. The van der Waals surface area contributed by atoms with Crippen LogP contribution in [-0.2, 0) is 4.79 Å². The number of nitrogens with one attached hydrogen (secondary N) is 2. The van der Waals surface area contributed by atoms with Gasteiger partial charge in [-0.15, -0.1) is 0 Å². The number of benzene rings is 1. The van der Waals surface area contributed by atoms with Crippen LogP contribution in [0.25, 0.3) is 0 Å². The van der Waals surface area contributed by atoms with Crippen molar-refractivity contribution in [2.75, 3.05) is 23.4 Å². The average molecular weight is 295 g/mol. The fourth-order valence-corrected chi connectivity index (χ4v) is 2.00. The zero-order valence-electron chi connectivity index (χ0n) is 12.4. The van der Waals surface area contributed by atoms with E-state index in [-0.39, 0.29) is 29.9 Å². The summed E-state index contributed by atoms with van der Waals surface area (Å²) in [4.78, 5) is 24.3. The second-order valence-corrected chi connectivity index (χ2v) is 4.81. The number of anilines is 2. The van der Waals surface area contributed by atoms with Crippen molar-refractivity contribution >= 4 is 23.0 Å². The summed E-state index contributed by atoms with van der Waals surface area (Å²) in [6, 6.07) is 4.79. The van der Waals surface area contributed by atoms with Crippen LogP contribution in [0.5, 0.6) is 0 Å². The molecule has 0 saturated carbocycles. The van der Waals surface area contributed by atoms with Crippen molar-refractivity contribution in [2.24, 2.45) is 5.84 Å². The van der Waals surface area contributed by atoms with E-state index in [2.05, 4.69) is 10.7 Å². The van der Waals surface area contributed by atoms with Crippen LogP contribution in [0.1, 0.15) is 20.8 Å². The standard InChI is InChI=1S/C13H21N5O3/c1-4-17(8-12(19)15-9(2)3)11-7-5-6-10(16-14)13(11)18(20)21/h5-7,9,16H,4,8,14H2,1-3H3,(H,15,19). The predicted octanol–water partition coefficient (Wildman–Crippen LogP) is 1.23. The fourth-order valence-electron chi connectivity index (χ4n) is 2.00. The molecular formula is C13H21N5O3. The van der Waals surface area contributed by atoms with Gasteiger partial charge in [0.05, 0.1) is 11.5 Å². The maximum absolute atomic E-state index is 11.9. The summed E-state index contributed by atoms with van der Waals surface area (Å²) in [5, 5.41) is 14.0. The Morgan fingerprint density at radius 3 is 2.62 bits per heavy atom. The molecule has 0 atom stereocenters. The molecule has 0 spiro atoms. The van der Waals surface area contributed by atoms with Crippen LogP contribution in [0.15, 0.2) is 18.2 Å². The third kappa shape index (κ3) is 4.32. The number of amides is 1. The monoisotopic (exact) mass is 295 g/mol. The molecular weight excluding hydrogens is 274 g/mol. The van der Waals surface area contributed by atoms with Gasteiger partial charge >= 0.3 is 5.69 Å². The molecule has 8 nitrogen and oxygen atoms in total. The number of hydrogen-bond acceptors (Lipinski definition) is 6. The minimum absolute atomic E-state index is 0.0169. The van der Waals surface area contributed by atoms with Crippen molar-refractivity contribution in [3.8, 4) is 0 Å². The molecule has 1 rings (SSSR count). The number of likely N-dealkylation sites (N-methyl/N-ethyl adjacent to an activating group) is 1. The number of nitrogens with two attached hydrogens (primary N) is 1. The summed E-state index contributed by atoms with van der Waals surface area (Å²) in [5.41, 5.74) is 2.74. The summed E-state index contributed by atoms with van der Waals surface area (Å²) in [7, 11) is 0. The van der Waals surface area contributed by atoms with E-state index in [1.807, 2.05) is 20.8 Å². The lowest BCUT2D eigenvalue weighted by Gasteiger charge is -2.23. The molecule has 0 aliphatic carbocycles. The van der Waals surface area contributed by atoms with Crippen molar-refractivity contribution in [1.82, 2.24) is 5.32 Å². The first-order valence-corrected chi connectivity index (χ1v) is 6.69. The topological polar surface area (TPSA) is 114 Å². The molecule has 0 bridgehead atoms. The van der Waals surface area contributed by atoms with Gasteiger partial charge in [-0.3, -0.25) is 20.8 Å². The van der Waals surface area contributed by atoms with Crippen LogP contribution >= 0.6 is 0 Å². The Kier molecular flexibility index (Phi) is 5.92. The van der Waals surface area contributed by atoms with E-state index < -0.39 is 4.92 Å². The van der Waals surface area contributed by atoms with Gasteiger partial charge in [-0.05, 0) is 32.9 Å². The average Bonchev–Trinajstić information content (AvgIpc) is 2.42. The van der Waals surface area contributed by atoms with Crippen molar-refractivity contribution in [3.63, 3.8) is 0 Å². The Morgan fingerprint density at radius 2 is 2.14 bits per heavy atom. The van der Waals surface area contributed by atoms with Crippen molar-refractivity contribution in [2.45, 2.75) is 26.8 Å². The zero-order chi connectivity index (χ0) is 16.0. The van der Waals surface area contributed by atoms with Crippen molar-refractivity contribution < 1.29 is 9.72 Å². The second kappa shape index (κ2) is 7.44. The highest BCUT2D eigenvalue weighted by molar-refractivity contribution is 5.84. The third-order valence-corrected chi connectivity index (χ3v) is 2.86. The fraction of sp³-hybridized carbons (Fsp3) is 0.462. The van der Waals surface area contributed by atoms with E-state index in [1.54, 1.807) is 17.0 Å². The molecule has 8 heteroatoms. The molecule has 0 radical (unpaired) electrons. The maximum atomic E-state index is 11.9. The van der Waals surface area contributed by atoms with Gasteiger partial charge in [-0.1, -0.05) is 6.07 Å². The van der Waals surface area contributed by atoms with Gasteiger partial charge in [0.25, 0.3) is 0 Å². The van der Waals surface area contributed by atoms with Gasteiger partial charge in [-0.2, -0.15) is 0 Å². The molecule has 4 N–H and O–H groups in total. The molecule has 116 valence electrons. The number of nitro groups is 1. The first kappa shape index (κ1) is 16.7. The quantitative estimate of drug-likeness (QED) is 0.396. The predicted molar refractivity (Wildman–Crippen MR) is 82.1 cm³/mol. The summed E-state index contributed by atoms with van der Waals surface area (Å²) >= 11 is 0. The summed E-state index contributed by atoms with van der Waals surface area (Å²) < 4.78 is 0. The Balaban J connectivity index is 3.11. The summed E-state index contributed by atoms with van der Waals surface area (Å²) in [5.74, 6) is 5.13. The summed E-state index contributed by atoms with van der Waals surface area (Å²) in [6.45, 7) is 6.05. The van der Waals surface area contributed by atoms with E-state index in [0.29, 0.717) is 12.2 Å². The number of carbonyl (C=O) groups excluding carboxylic acids is 1. The first-order valence-electron chi connectivity index (χ1n) is 6.69. The number of nitrogens with zero attached hydrogens (tertiary/aromatic N) is 2. The number of rotatable bonds is 7. The van der Waals surface area contributed by atoms with Crippen LogP contribution in [0.3, 0.4) is 0 Å². The van der Waals surface area contributed by atoms with E-state index in [0.717, 1.165) is 0 Å². The maximum Gasteiger partial charge on any atom is 0.316 e. The molecule has 0 heterocycles. The SMILES string of the molecule is CCN(CC(=O)NC(C)C)c1cccc(NN)c1[N+](=O)[O-]. The molecule has 0 aliphatic rings. The third-order valence-electron chi connectivity index (χ3n) is 2.86. The molecule has 1 aromatic carbocycles. The van der Waals surface area contributed by atoms with Crippen LogP contribution in [0.2, 0.25) is 0 Å². The van der Waals surface area contributed by atoms with Gasteiger partial charge in [0, 0.05) is 12.6 Å². The summed E-state index contributed by atoms with van der Waals surface area (Å²) in [6.07, 6.45) is 0. The Bertz CT molecular complexity index is 519. The second-order valence-electron chi connectivity index (χ2n) is 4.81. The number of nitro benzene ring substituents is 1. The Hall–Kier alpha value is -2.35. The van der Waals surface area contributed by atoms with Gasteiger partial charge in [-0.25, -0.2) is 0 Å². The largest absolute Gasteiger partial charge is 0.357 e. The van der Waals surface area contributed by atoms with E-state index in [4.69, 9.17) is 5.84 Å². The molecule has 1 aromatic rings. The van der Waals surface area contributed by atoms with E-state index in [1.165, 1.54) is 6.07 Å². The molecule has 21 heavy (non-hydrogen) atoms. The lowest BCUT2D eigenvalue weighted by atomic mass is 10.2. The van der Waals surface area contributed by atoms with Crippen molar-refractivity contribution in [1.29, 1.82) is 0 Å². The van der Waals surface area contributed by atoms with E-state index >= 15 is 0 Å². The highest BCUT2D eigenvalue weighted by atomic mass is 16.6. The normalized spacial score (nSPS) is 10.3. The molecule has 0 aromatic heterocycles. The van der Waals surface area contributed by atoms with Crippen LogP contribution < -0.4 is 21.5 Å². The lowest BCUT2D eigenvalue weighted by molar-refractivity contribution is -0.383. The van der Waals surface area contributed by atoms with Gasteiger partial charge in [0.2, 0.25) is 5.91 Å². The van der Waals surface area contributed by atoms with Crippen molar-refractivity contribution in [3.05, 3.63) is 28.3 Å². The highest BCUT2D eigenvalue weighted by Gasteiger charge is 2.24. The lowest BCUT2D eigenvalue weighted by Crippen LogP contribution is -2.40. The molecule has 0 fully saturated rings. The number of carbonyl (C=O) groups is 1. The Labute approximate surface area is 123 Å². The Morgan fingerprint density at radius 1 is 1.48 bits per heavy atom. The molecule has 0 unspecified atom stereocenters.